The van der Waals surface area contributed by atoms with Crippen molar-refractivity contribution in [3.63, 3.8) is 0 Å². The molecule has 19 heavy (non-hydrogen) atoms. The summed E-state index contributed by atoms with van der Waals surface area (Å²) in [6.45, 7) is 7.88. The van der Waals surface area contributed by atoms with Gasteiger partial charge >= 0.3 is 5.97 Å². The van der Waals surface area contributed by atoms with Crippen LogP contribution in [-0.4, -0.2) is 22.4 Å². The van der Waals surface area contributed by atoms with Crippen molar-refractivity contribution in [1.29, 1.82) is 5.26 Å². The molecule has 0 aliphatic carbocycles. The van der Waals surface area contributed by atoms with E-state index >= 15 is 0 Å². The van der Waals surface area contributed by atoms with Crippen molar-refractivity contribution in [3.05, 3.63) is 16.4 Å². The number of nitriles is 1. The van der Waals surface area contributed by atoms with Crippen LogP contribution in [0.1, 0.15) is 32.2 Å². The molecular weight excluding hydrogens is 266 g/mol. The summed E-state index contributed by atoms with van der Waals surface area (Å²) in [5.74, 6) is -0.532. The zero-order valence-corrected chi connectivity index (χ0v) is 12.4. The summed E-state index contributed by atoms with van der Waals surface area (Å²) in [6, 6.07) is 2.03. The summed E-state index contributed by atoms with van der Waals surface area (Å²) in [5.41, 5.74) is 0.139. The van der Waals surface area contributed by atoms with Crippen LogP contribution < -0.4 is 0 Å². The zero-order chi connectivity index (χ0) is 14.6. The predicted molar refractivity (Wildman–Crippen MR) is 71.7 cm³/mol. The van der Waals surface area contributed by atoms with E-state index in [0.29, 0.717) is 23.0 Å². The number of esters is 1. The van der Waals surface area contributed by atoms with E-state index in [2.05, 4.69) is 5.10 Å². The first-order valence-corrected chi connectivity index (χ1v) is 6.57. The average Bonchev–Trinajstić information content (AvgIpc) is 2.66. The number of carbonyl (C=O) groups is 1. The molecule has 1 rings (SSSR count). The standard InChI is InChI=1S/C13H18ClN3O2/c1-5-17-10(11(14)9(3)16-17)7-13(4,8-15)12(18)19-6-2/h5-7H2,1-4H3. The number of aryl methyl sites for hydroxylation is 2. The molecule has 6 heteroatoms. The molecule has 5 nitrogen and oxygen atoms in total. The third-order valence-corrected chi connectivity index (χ3v) is 3.44. The SMILES string of the molecule is CCOC(=O)C(C)(C#N)Cc1c(Cl)c(C)nn1CC. The minimum atomic E-state index is -1.25. The van der Waals surface area contributed by atoms with E-state index in [0.717, 1.165) is 0 Å². The van der Waals surface area contributed by atoms with Crippen LogP contribution in [0, 0.1) is 23.7 Å². The molecule has 1 unspecified atom stereocenters. The molecule has 1 aromatic heterocycles. The van der Waals surface area contributed by atoms with Crippen molar-refractivity contribution < 1.29 is 9.53 Å². The van der Waals surface area contributed by atoms with Crippen molar-refractivity contribution >= 4 is 17.6 Å². The van der Waals surface area contributed by atoms with Crippen LogP contribution in [0.3, 0.4) is 0 Å². The van der Waals surface area contributed by atoms with Gasteiger partial charge in [0.2, 0.25) is 0 Å². The number of halogens is 1. The topological polar surface area (TPSA) is 67.9 Å². The minimum Gasteiger partial charge on any atom is -0.465 e. The number of hydrogen-bond donors (Lipinski definition) is 0. The highest BCUT2D eigenvalue weighted by Crippen LogP contribution is 2.29. The lowest BCUT2D eigenvalue weighted by Gasteiger charge is -2.19. The Labute approximate surface area is 118 Å². The van der Waals surface area contributed by atoms with Gasteiger partial charge in [-0.05, 0) is 27.7 Å². The summed E-state index contributed by atoms with van der Waals surface area (Å²) >= 11 is 6.19. The summed E-state index contributed by atoms with van der Waals surface area (Å²) in [5, 5.41) is 14.1. The number of rotatable bonds is 5. The number of aromatic nitrogens is 2. The molecule has 0 saturated heterocycles. The fourth-order valence-corrected chi connectivity index (χ4v) is 2.02. The summed E-state index contributed by atoms with van der Waals surface area (Å²) in [7, 11) is 0. The lowest BCUT2D eigenvalue weighted by molar-refractivity contribution is -0.151. The summed E-state index contributed by atoms with van der Waals surface area (Å²) in [6.07, 6.45) is 0.190. The van der Waals surface area contributed by atoms with E-state index in [1.807, 2.05) is 13.0 Å². The molecule has 0 aromatic carbocycles. The molecule has 0 spiro atoms. The maximum atomic E-state index is 11.9. The zero-order valence-electron chi connectivity index (χ0n) is 11.7. The second-order valence-corrected chi connectivity index (χ2v) is 4.88. The van der Waals surface area contributed by atoms with Crippen LogP contribution in [0.5, 0.6) is 0 Å². The number of hydrogen-bond acceptors (Lipinski definition) is 4. The van der Waals surface area contributed by atoms with E-state index < -0.39 is 11.4 Å². The van der Waals surface area contributed by atoms with E-state index in [1.165, 1.54) is 0 Å². The summed E-state index contributed by atoms with van der Waals surface area (Å²) < 4.78 is 6.67. The highest BCUT2D eigenvalue weighted by Gasteiger charge is 2.37. The monoisotopic (exact) mass is 283 g/mol. The Hall–Kier alpha value is -1.54. The molecule has 0 radical (unpaired) electrons. The normalized spacial score (nSPS) is 13.7. The smallest absolute Gasteiger partial charge is 0.326 e. The fourth-order valence-electron chi connectivity index (χ4n) is 1.82. The van der Waals surface area contributed by atoms with Crippen LogP contribution in [0.4, 0.5) is 0 Å². The molecule has 0 amide bonds. The van der Waals surface area contributed by atoms with E-state index in [9.17, 15) is 10.1 Å². The largest absolute Gasteiger partial charge is 0.465 e. The third-order valence-electron chi connectivity index (χ3n) is 2.95. The van der Waals surface area contributed by atoms with Crippen LogP contribution in [-0.2, 0) is 22.5 Å². The van der Waals surface area contributed by atoms with Crippen molar-refractivity contribution in [1.82, 2.24) is 9.78 Å². The molecular formula is C13H18ClN3O2. The Morgan fingerprint density at radius 3 is 2.68 bits per heavy atom. The first-order valence-electron chi connectivity index (χ1n) is 6.19. The van der Waals surface area contributed by atoms with Crippen molar-refractivity contribution in [2.75, 3.05) is 6.61 Å². The Kier molecular flexibility index (Phi) is 4.96. The van der Waals surface area contributed by atoms with Gasteiger partial charge in [-0.15, -0.1) is 0 Å². The lowest BCUT2D eigenvalue weighted by atomic mass is 9.87. The Balaban J connectivity index is 3.12. The Bertz CT molecular complexity index is 519. The van der Waals surface area contributed by atoms with Gasteiger partial charge in [-0.1, -0.05) is 11.6 Å². The molecule has 104 valence electrons. The van der Waals surface area contributed by atoms with Crippen molar-refractivity contribution in [3.8, 4) is 6.07 Å². The molecule has 0 aliphatic rings. The van der Waals surface area contributed by atoms with Crippen LogP contribution in [0.15, 0.2) is 0 Å². The van der Waals surface area contributed by atoms with E-state index in [4.69, 9.17) is 16.3 Å². The molecule has 0 N–H and O–H groups in total. The van der Waals surface area contributed by atoms with Gasteiger partial charge in [0.25, 0.3) is 0 Å². The first-order chi connectivity index (χ1) is 8.89. The first kappa shape index (κ1) is 15.5. The second-order valence-electron chi connectivity index (χ2n) is 4.50. The van der Waals surface area contributed by atoms with Crippen LogP contribution in [0.2, 0.25) is 5.02 Å². The highest BCUT2D eigenvalue weighted by atomic mass is 35.5. The lowest BCUT2D eigenvalue weighted by Crippen LogP contribution is -2.31. The van der Waals surface area contributed by atoms with Gasteiger partial charge in [-0.3, -0.25) is 9.48 Å². The number of carbonyl (C=O) groups excluding carboxylic acids is 1. The van der Waals surface area contributed by atoms with Gasteiger partial charge in [0.05, 0.1) is 29.1 Å². The molecule has 0 fully saturated rings. The van der Waals surface area contributed by atoms with E-state index in [1.54, 1.807) is 25.5 Å². The van der Waals surface area contributed by atoms with Gasteiger partial charge in [0.15, 0.2) is 5.41 Å². The Morgan fingerprint density at radius 1 is 1.58 bits per heavy atom. The summed E-state index contributed by atoms with van der Waals surface area (Å²) in [4.78, 5) is 11.9. The maximum Gasteiger partial charge on any atom is 0.326 e. The predicted octanol–water partition coefficient (Wildman–Crippen LogP) is 2.50. The molecule has 1 heterocycles. The van der Waals surface area contributed by atoms with Gasteiger partial charge in [-0.25, -0.2) is 0 Å². The van der Waals surface area contributed by atoms with Gasteiger partial charge < -0.3 is 4.74 Å². The fraction of sp³-hybridized carbons (Fsp3) is 0.615. The maximum absolute atomic E-state index is 11.9. The average molecular weight is 284 g/mol. The van der Waals surface area contributed by atoms with Crippen LogP contribution in [0.25, 0.3) is 0 Å². The second kappa shape index (κ2) is 6.07. The van der Waals surface area contributed by atoms with Gasteiger partial charge in [-0.2, -0.15) is 10.4 Å². The molecule has 0 bridgehead atoms. The number of ether oxygens (including phenoxy) is 1. The van der Waals surface area contributed by atoms with Gasteiger partial charge in [0, 0.05) is 13.0 Å². The highest BCUT2D eigenvalue weighted by molar-refractivity contribution is 6.31. The molecule has 0 aliphatic heterocycles. The number of nitrogens with zero attached hydrogens (tertiary/aromatic N) is 3. The molecule has 0 saturated carbocycles. The van der Waals surface area contributed by atoms with E-state index in [-0.39, 0.29) is 13.0 Å². The Morgan fingerprint density at radius 2 is 2.21 bits per heavy atom. The third kappa shape index (κ3) is 3.07. The van der Waals surface area contributed by atoms with Crippen LogP contribution >= 0.6 is 11.6 Å². The minimum absolute atomic E-state index is 0.190. The molecule has 1 aromatic rings. The quantitative estimate of drug-likeness (QED) is 0.779. The van der Waals surface area contributed by atoms with Crippen molar-refractivity contribution in [2.24, 2.45) is 5.41 Å². The molecule has 1 atom stereocenters. The van der Waals surface area contributed by atoms with Gasteiger partial charge in [0.1, 0.15) is 0 Å². The van der Waals surface area contributed by atoms with Crippen molar-refractivity contribution in [2.45, 2.75) is 40.7 Å².